The number of nitrogens with one attached hydrogen (secondary N) is 1. The van der Waals surface area contributed by atoms with Crippen LogP contribution < -0.4 is 0 Å². The SMILES string of the molecule is Cc1cccc2c(N=NC(=O)c3ccc(Cn4nnc(-c5ccccc5)n4)cc3)c(O)[nH]c12. The molecule has 1 amide bonds. The summed E-state index contributed by atoms with van der Waals surface area (Å²) >= 11 is 0. The zero-order valence-corrected chi connectivity index (χ0v) is 17.7. The van der Waals surface area contributed by atoms with Crippen LogP contribution in [0, 0.1) is 6.92 Å². The maximum absolute atomic E-state index is 12.5. The third-order valence-corrected chi connectivity index (χ3v) is 5.25. The van der Waals surface area contributed by atoms with E-state index < -0.39 is 5.91 Å². The van der Waals surface area contributed by atoms with Gasteiger partial charge in [0.15, 0.2) is 5.69 Å². The van der Waals surface area contributed by atoms with Gasteiger partial charge in [-0.05, 0) is 35.4 Å². The molecule has 0 bridgehead atoms. The molecule has 0 saturated heterocycles. The van der Waals surface area contributed by atoms with E-state index in [-0.39, 0.29) is 11.6 Å². The Kier molecular flexibility index (Phi) is 5.19. The van der Waals surface area contributed by atoms with E-state index in [1.807, 2.05) is 55.5 Å². The van der Waals surface area contributed by atoms with Crippen molar-refractivity contribution in [1.29, 1.82) is 0 Å². The fourth-order valence-electron chi connectivity index (χ4n) is 3.52. The fraction of sp³-hybridized carbons (Fsp3) is 0.0833. The van der Waals surface area contributed by atoms with Crippen LogP contribution in [-0.4, -0.2) is 36.2 Å². The zero-order chi connectivity index (χ0) is 22.8. The van der Waals surface area contributed by atoms with E-state index >= 15 is 0 Å². The van der Waals surface area contributed by atoms with Crippen LogP contribution in [0.2, 0.25) is 0 Å². The average molecular weight is 437 g/mol. The van der Waals surface area contributed by atoms with Crippen molar-refractivity contribution < 1.29 is 9.90 Å². The van der Waals surface area contributed by atoms with Crippen LogP contribution >= 0.6 is 0 Å². The minimum atomic E-state index is -0.506. The maximum atomic E-state index is 12.5. The summed E-state index contributed by atoms with van der Waals surface area (Å²) in [6.07, 6.45) is 0. The lowest BCUT2D eigenvalue weighted by molar-refractivity contribution is 0.0995. The van der Waals surface area contributed by atoms with Crippen molar-refractivity contribution in [3.05, 3.63) is 89.5 Å². The number of carbonyl (C=O) groups excluding carboxylic acids is 1. The zero-order valence-electron chi connectivity index (χ0n) is 17.7. The molecule has 2 aromatic heterocycles. The van der Waals surface area contributed by atoms with Crippen LogP contribution in [0.5, 0.6) is 5.88 Å². The summed E-state index contributed by atoms with van der Waals surface area (Å²) in [4.78, 5) is 16.9. The van der Waals surface area contributed by atoms with E-state index in [1.54, 1.807) is 24.3 Å². The number of amides is 1. The molecule has 0 atom stereocenters. The number of hydrogen-bond donors (Lipinski definition) is 2. The summed E-state index contributed by atoms with van der Waals surface area (Å²) in [6.45, 7) is 2.33. The molecule has 0 aliphatic rings. The molecule has 0 unspecified atom stereocenters. The number of carbonyl (C=O) groups is 1. The van der Waals surface area contributed by atoms with Crippen LogP contribution in [0.1, 0.15) is 21.5 Å². The molecule has 0 radical (unpaired) electrons. The molecule has 5 rings (SSSR count). The minimum absolute atomic E-state index is 0.124. The Balaban J connectivity index is 1.29. The third kappa shape index (κ3) is 4.11. The molecule has 0 aliphatic carbocycles. The van der Waals surface area contributed by atoms with Gasteiger partial charge in [0, 0.05) is 16.5 Å². The number of hydrogen-bond acceptors (Lipinski definition) is 6. The van der Waals surface area contributed by atoms with Gasteiger partial charge >= 0.3 is 0 Å². The number of aryl methyl sites for hydroxylation is 1. The highest BCUT2D eigenvalue weighted by Crippen LogP contribution is 2.36. The van der Waals surface area contributed by atoms with Gasteiger partial charge in [0.25, 0.3) is 5.91 Å². The quantitative estimate of drug-likeness (QED) is 0.382. The Labute approximate surface area is 188 Å². The van der Waals surface area contributed by atoms with Gasteiger partial charge in [-0.1, -0.05) is 60.7 Å². The van der Waals surface area contributed by atoms with Gasteiger partial charge < -0.3 is 10.1 Å². The standard InChI is InChI=1S/C24H19N7O2/c1-15-6-5-9-19-20(15)25-24(33)21(19)26-28-23(32)18-12-10-16(11-13-18)14-31-29-22(27-30-31)17-7-3-2-4-8-17/h2-13,25,33H,14H2,1H3. The van der Waals surface area contributed by atoms with Gasteiger partial charge in [0.2, 0.25) is 11.7 Å². The van der Waals surface area contributed by atoms with Crippen molar-refractivity contribution in [2.45, 2.75) is 13.5 Å². The summed E-state index contributed by atoms with van der Waals surface area (Å²) in [7, 11) is 0. The normalized spacial score (nSPS) is 11.4. The predicted molar refractivity (Wildman–Crippen MR) is 122 cm³/mol. The summed E-state index contributed by atoms with van der Waals surface area (Å²) in [5.41, 5.74) is 4.15. The first-order valence-electron chi connectivity index (χ1n) is 10.3. The number of nitrogens with zero attached hydrogens (tertiary/aromatic N) is 6. The van der Waals surface area contributed by atoms with Gasteiger partial charge in [0.05, 0.1) is 12.1 Å². The number of aromatic hydroxyl groups is 1. The first-order chi connectivity index (χ1) is 16.1. The van der Waals surface area contributed by atoms with Crippen molar-refractivity contribution in [2.75, 3.05) is 0 Å². The second kappa shape index (κ2) is 8.46. The second-order valence-electron chi connectivity index (χ2n) is 7.53. The van der Waals surface area contributed by atoms with E-state index in [9.17, 15) is 9.90 Å². The minimum Gasteiger partial charge on any atom is -0.493 e. The van der Waals surface area contributed by atoms with E-state index in [1.165, 1.54) is 4.80 Å². The molecule has 9 nitrogen and oxygen atoms in total. The molecular formula is C24H19N7O2. The van der Waals surface area contributed by atoms with Crippen LogP contribution in [-0.2, 0) is 6.54 Å². The largest absolute Gasteiger partial charge is 0.493 e. The molecular weight excluding hydrogens is 418 g/mol. The molecule has 9 heteroatoms. The van der Waals surface area contributed by atoms with E-state index in [0.29, 0.717) is 23.3 Å². The topological polar surface area (TPSA) is 121 Å². The van der Waals surface area contributed by atoms with Crippen molar-refractivity contribution in [3.8, 4) is 17.3 Å². The third-order valence-electron chi connectivity index (χ3n) is 5.25. The number of aromatic nitrogens is 5. The number of azo groups is 1. The summed E-state index contributed by atoms with van der Waals surface area (Å²) in [5, 5.41) is 31.2. The van der Waals surface area contributed by atoms with Crippen LogP contribution in [0.4, 0.5) is 5.69 Å². The smallest absolute Gasteiger partial charge is 0.295 e. The number of fused-ring (bicyclic) bond motifs is 1. The number of para-hydroxylation sites is 1. The molecule has 2 heterocycles. The Morgan fingerprint density at radius 3 is 2.61 bits per heavy atom. The summed E-state index contributed by atoms with van der Waals surface area (Å²) in [5.74, 6) is -0.0758. The van der Waals surface area contributed by atoms with Gasteiger partial charge in [0.1, 0.15) is 0 Å². The lowest BCUT2D eigenvalue weighted by Crippen LogP contribution is -2.04. The molecule has 0 saturated carbocycles. The van der Waals surface area contributed by atoms with Crippen LogP contribution in [0.15, 0.2) is 83.0 Å². The van der Waals surface area contributed by atoms with E-state index in [0.717, 1.165) is 22.2 Å². The number of rotatable bonds is 5. The molecule has 33 heavy (non-hydrogen) atoms. The highest BCUT2D eigenvalue weighted by Gasteiger charge is 2.13. The monoisotopic (exact) mass is 437 g/mol. The maximum Gasteiger partial charge on any atom is 0.295 e. The molecule has 0 fully saturated rings. The van der Waals surface area contributed by atoms with Crippen LogP contribution in [0.3, 0.4) is 0 Å². The van der Waals surface area contributed by atoms with Crippen molar-refractivity contribution >= 4 is 22.5 Å². The number of H-pyrrole nitrogens is 1. The van der Waals surface area contributed by atoms with E-state index in [2.05, 4.69) is 30.6 Å². The second-order valence-corrected chi connectivity index (χ2v) is 7.53. The summed E-state index contributed by atoms with van der Waals surface area (Å²) < 4.78 is 0. The van der Waals surface area contributed by atoms with Gasteiger partial charge in [-0.3, -0.25) is 4.79 Å². The highest BCUT2D eigenvalue weighted by atomic mass is 16.3. The van der Waals surface area contributed by atoms with Gasteiger partial charge in [-0.15, -0.1) is 20.4 Å². The van der Waals surface area contributed by atoms with Crippen LogP contribution in [0.25, 0.3) is 22.3 Å². The fourth-order valence-corrected chi connectivity index (χ4v) is 3.52. The number of benzene rings is 3. The highest BCUT2D eigenvalue weighted by molar-refractivity contribution is 5.97. The first-order valence-corrected chi connectivity index (χ1v) is 10.3. The number of tetrazole rings is 1. The molecule has 3 aromatic carbocycles. The molecule has 0 aliphatic heterocycles. The first kappa shape index (κ1) is 20.3. The molecule has 162 valence electrons. The Bertz CT molecular complexity index is 1470. The number of aromatic amines is 1. The molecule has 5 aromatic rings. The Morgan fingerprint density at radius 1 is 1.03 bits per heavy atom. The lowest BCUT2D eigenvalue weighted by Gasteiger charge is -2.01. The van der Waals surface area contributed by atoms with Crippen molar-refractivity contribution in [3.63, 3.8) is 0 Å². The molecule has 0 spiro atoms. The van der Waals surface area contributed by atoms with Gasteiger partial charge in [-0.25, -0.2) is 0 Å². The Morgan fingerprint density at radius 2 is 1.82 bits per heavy atom. The summed E-state index contributed by atoms with van der Waals surface area (Å²) in [6, 6.07) is 22.2. The lowest BCUT2D eigenvalue weighted by atomic mass is 10.1. The van der Waals surface area contributed by atoms with Gasteiger partial charge in [-0.2, -0.15) is 4.80 Å². The van der Waals surface area contributed by atoms with Crippen molar-refractivity contribution in [1.82, 2.24) is 25.2 Å². The van der Waals surface area contributed by atoms with Crippen molar-refractivity contribution in [2.24, 2.45) is 10.2 Å². The van der Waals surface area contributed by atoms with E-state index in [4.69, 9.17) is 0 Å². The average Bonchev–Trinajstić information content (AvgIpc) is 3.43. The predicted octanol–water partition coefficient (Wildman–Crippen LogP) is 4.81. The molecule has 2 N–H and O–H groups in total. The Hall–Kier alpha value is -4.66.